The summed E-state index contributed by atoms with van der Waals surface area (Å²) in [6.45, 7) is 2.17. The van der Waals surface area contributed by atoms with E-state index in [-0.39, 0.29) is 24.8 Å². The molecule has 2 amide bonds. The molecule has 0 saturated heterocycles. The van der Waals surface area contributed by atoms with Crippen molar-refractivity contribution in [1.29, 1.82) is 5.26 Å². The number of hydrogen-bond acceptors (Lipinski definition) is 5. The molecule has 1 heterocycles. The molecule has 24 heavy (non-hydrogen) atoms. The molecule has 0 fully saturated rings. The van der Waals surface area contributed by atoms with Crippen LogP contribution >= 0.6 is 23.4 Å². The highest BCUT2D eigenvalue weighted by atomic mass is 35.5. The number of para-hydroxylation sites is 1. The lowest BCUT2D eigenvalue weighted by atomic mass is 10.3. The summed E-state index contributed by atoms with van der Waals surface area (Å²) < 4.78 is 0. The Morgan fingerprint density at radius 2 is 2.25 bits per heavy atom. The monoisotopic (exact) mass is 364 g/mol. The van der Waals surface area contributed by atoms with E-state index < -0.39 is 5.25 Å². The van der Waals surface area contributed by atoms with E-state index in [2.05, 4.69) is 4.99 Å². The van der Waals surface area contributed by atoms with Gasteiger partial charge in [-0.3, -0.25) is 19.5 Å². The number of amidine groups is 1. The molecule has 126 valence electrons. The number of nitriles is 1. The third-order valence-corrected chi connectivity index (χ3v) is 4.85. The maximum absolute atomic E-state index is 12.3. The highest BCUT2D eigenvalue weighted by molar-refractivity contribution is 8.15. The van der Waals surface area contributed by atoms with E-state index >= 15 is 0 Å². The molecule has 0 radical (unpaired) electrons. The van der Waals surface area contributed by atoms with Crippen LogP contribution in [0.15, 0.2) is 29.3 Å². The summed E-state index contributed by atoms with van der Waals surface area (Å²) in [7, 11) is 1.66. The van der Waals surface area contributed by atoms with E-state index in [1.54, 1.807) is 38.2 Å². The van der Waals surface area contributed by atoms with E-state index in [0.717, 1.165) is 0 Å². The zero-order valence-electron chi connectivity index (χ0n) is 13.4. The first-order chi connectivity index (χ1) is 11.5. The zero-order chi connectivity index (χ0) is 17.7. The number of anilines is 1. The van der Waals surface area contributed by atoms with Crippen molar-refractivity contribution in [3.63, 3.8) is 0 Å². The van der Waals surface area contributed by atoms with Crippen LogP contribution in [0.2, 0.25) is 5.02 Å². The molecule has 1 aliphatic heterocycles. The van der Waals surface area contributed by atoms with Gasteiger partial charge < -0.3 is 4.90 Å². The van der Waals surface area contributed by atoms with Gasteiger partial charge in [0.05, 0.1) is 28.5 Å². The maximum atomic E-state index is 12.3. The first-order valence-corrected chi connectivity index (χ1v) is 8.62. The molecule has 0 saturated carbocycles. The number of amides is 2. The second-order valence-electron chi connectivity index (χ2n) is 5.21. The summed E-state index contributed by atoms with van der Waals surface area (Å²) in [5.74, 6) is -0.292. The fraction of sp³-hybridized carbons (Fsp3) is 0.375. The van der Waals surface area contributed by atoms with E-state index in [0.29, 0.717) is 22.4 Å². The van der Waals surface area contributed by atoms with E-state index in [1.165, 1.54) is 21.6 Å². The van der Waals surface area contributed by atoms with Crippen molar-refractivity contribution in [2.24, 2.45) is 4.99 Å². The second-order valence-corrected chi connectivity index (χ2v) is 6.92. The normalized spacial score (nSPS) is 15.0. The van der Waals surface area contributed by atoms with Crippen molar-refractivity contribution >= 4 is 46.0 Å². The van der Waals surface area contributed by atoms with Crippen LogP contribution in [0, 0.1) is 11.3 Å². The van der Waals surface area contributed by atoms with Crippen LogP contribution < -0.4 is 4.90 Å². The number of carbonyl (C=O) groups excluding carboxylic acids is 2. The molecule has 0 N–H and O–H groups in total. The van der Waals surface area contributed by atoms with Crippen LogP contribution in [0.3, 0.4) is 0 Å². The van der Waals surface area contributed by atoms with Gasteiger partial charge >= 0.3 is 0 Å². The van der Waals surface area contributed by atoms with Crippen LogP contribution in [-0.2, 0) is 9.59 Å². The van der Waals surface area contributed by atoms with E-state index in [1.807, 2.05) is 6.07 Å². The van der Waals surface area contributed by atoms with Gasteiger partial charge in [-0.15, -0.1) is 0 Å². The van der Waals surface area contributed by atoms with Gasteiger partial charge in [-0.1, -0.05) is 35.5 Å². The number of aliphatic imine (C=N–C) groups is 1. The van der Waals surface area contributed by atoms with Crippen molar-refractivity contribution in [3.8, 4) is 6.07 Å². The zero-order valence-corrected chi connectivity index (χ0v) is 15.0. The molecule has 0 aromatic heterocycles. The van der Waals surface area contributed by atoms with E-state index in [9.17, 15) is 9.59 Å². The van der Waals surface area contributed by atoms with Gasteiger partial charge in [0, 0.05) is 13.6 Å². The molecule has 0 unspecified atom stereocenters. The SMILES string of the molecule is C[C@H](SC1=NCC(=O)N1c1ccccc1Cl)C(=O)N(C)CCC#N. The summed E-state index contributed by atoms with van der Waals surface area (Å²) in [4.78, 5) is 31.7. The summed E-state index contributed by atoms with van der Waals surface area (Å²) in [6, 6.07) is 9.04. The molecule has 1 aromatic carbocycles. The number of rotatable bonds is 5. The Labute approximate surface area is 150 Å². The molecule has 2 rings (SSSR count). The Kier molecular flexibility index (Phi) is 6.23. The fourth-order valence-corrected chi connectivity index (χ4v) is 3.45. The first kappa shape index (κ1) is 18.3. The highest BCUT2D eigenvalue weighted by Gasteiger charge is 2.32. The quantitative estimate of drug-likeness (QED) is 0.804. The molecule has 0 bridgehead atoms. The van der Waals surface area contributed by atoms with Gasteiger partial charge in [0.1, 0.15) is 6.54 Å². The molecule has 1 aromatic rings. The van der Waals surface area contributed by atoms with Crippen LogP contribution in [0.25, 0.3) is 0 Å². The van der Waals surface area contributed by atoms with Gasteiger partial charge in [0.15, 0.2) is 5.17 Å². The average Bonchev–Trinajstić information content (AvgIpc) is 2.92. The van der Waals surface area contributed by atoms with Gasteiger partial charge in [0.25, 0.3) is 5.91 Å². The minimum absolute atomic E-state index is 0.0404. The first-order valence-electron chi connectivity index (χ1n) is 7.36. The van der Waals surface area contributed by atoms with Crippen molar-refractivity contribution < 1.29 is 9.59 Å². The Morgan fingerprint density at radius 1 is 1.54 bits per heavy atom. The molecule has 1 atom stereocenters. The lowest BCUT2D eigenvalue weighted by molar-refractivity contribution is -0.128. The predicted octanol–water partition coefficient (Wildman–Crippen LogP) is 2.54. The topological polar surface area (TPSA) is 76.8 Å². The lowest BCUT2D eigenvalue weighted by Crippen LogP contribution is -2.37. The molecule has 6 nitrogen and oxygen atoms in total. The Bertz CT molecular complexity index is 716. The molecule has 8 heteroatoms. The maximum Gasteiger partial charge on any atom is 0.254 e. The molecule has 0 aliphatic carbocycles. The highest BCUT2D eigenvalue weighted by Crippen LogP contribution is 2.31. The van der Waals surface area contributed by atoms with E-state index in [4.69, 9.17) is 16.9 Å². The van der Waals surface area contributed by atoms with Crippen LogP contribution in [-0.4, -0.2) is 47.3 Å². The third kappa shape index (κ3) is 4.08. The summed E-state index contributed by atoms with van der Waals surface area (Å²) in [5.41, 5.74) is 0.561. The lowest BCUT2D eigenvalue weighted by Gasteiger charge is -2.23. The number of benzene rings is 1. The Hall–Kier alpha value is -2.04. The van der Waals surface area contributed by atoms with Crippen LogP contribution in [0.5, 0.6) is 0 Å². The fourth-order valence-electron chi connectivity index (χ4n) is 2.19. The largest absolute Gasteiger partial charge is 0.344 e. The predicted molar refractivity (Wildman–Crippen MR) is 96.2 cm³/mol. The van der Waals surface area contributed by atoms with Gasteiger partial charge in [0.2, 0.25) is 5.91 Å². The van der Waals surface area contributed by atoms with Crippen LogP contribution in [0.4, 0.5) is 5.69 Å². The third-order valence-electron chi connectivity index (χ3n) is 3.45. The minimum atomic E-state index is -0.427. The number of hydrogen-bond donors (Lipinski definition) is 0. The van der Waals surface area contributed by atoms with Crippen LogP contribution in [0.1, 0.15) is 13.3 Å². The van der Waals surface area contributed by atoms with Crippen molar-refractivity contribution in [2.75, 3.05) is 25.0 Å². The molecule has 0 spiro atoms. The summed E-state index contributed by atoms with van der Waals surface area (Å²) >= 11 is 7.39. The Morgan fingerprint density at radius 3 is 2.92 bits per heavy atom. The summed E-state index contributed by atoms with van der Waals surface area (Å²) in [6.07, 6.45) is 0.283. The van der Waals surface area contributed by atoms with Crippen molar-refractivity contribution in [3.05, 3.63) is 29.3 Å². The molecule has 1 aliphatic rings. The van der Waals surface area contributed by atoms with Gasteiger partial charge in [-0.2, -0.15) is 5.26 Å². The second kappa shape index (κ2) is 8.18. The molecular weight excluding hydrogens is 348 g/mol. The standard InChI is InChI=1S/C16H17ClN4O2S/c1-11(15(23)20(2)9-5-8-18)24-16-19-10-14(22)21(16)13-7-4-3-6-12(13)17/h3-4,6-7,11H,5,9-10H2,1-2H3/t11-/m0/s1. The Balaban J connectivity index is 2.11. The number of halogens is 1. The molecular formula is C16H17ClN4O2S. The number of thioether (sulfide) groups is 1. The summed E-state index contributed by atoms with van der Waals surface area (Å²) in [5, 5.41) is 9.10. The number of carbonyl (C=O) groups is 2. The van der Waals surface area contributed by atoms with Gasteiger partial charge in [-0.25, -0.2) is 0 Å². The number of nitrogens with zero attached hydrogens (tertiary/aromatic N) is 4. The van der Waals surface area contributed by atoms with Crippen molar-refractivity contribution in [1.82, 2.24) is 4.90 Å². The average molecular weight is 365 g/mol. The van der Waals surface area contributed by atoms with Gasteiger partial charge in [-0.05, 0) is 19.1 Å². The van der Waals surface area contributed by atoms with Crippen molar-refractivity contribution in [2.45, 2.75) is 18.6 Å². The minimum Gasteiger partial charge on any atom is -0.344 e. The smallest absolute Gasteiger partial charge is 0.254 e.